The van der Waals surface area contributed by atoms with Crippen LogP contribution in [0.1, 0.15) is 15.9 Å². The molecule has 134 valence electrons. The molecule has 0 fully saturated rings. The van der Waals surface area contributed by atoms with Gasteiger partial charge in [0.15, 0.2) is 11.5 Å². The number of hydrogen-bond donors (Lipinski definition) is 1. The average molecular weight is 355 g/mol. The first kappa shape index (κ1) is 18.4. The molecule has 2 aromatic carbocycles. The SMILES string of the molecule is COc1cc(OC)c(C(=O)Nc2ccc(C(F)(F)F)cc2)cc1OC. The van der Waals surface area contributed by atoms with E-state index in [1.165, 1.54) is 45.6 Å². The molecule has 25 heavy (non-hydrogen) atoms. The minimum absolute atomic E-state index is 0.153. The van der Waals surface area contributed by atoms with Crippen molar-refractivity contribution in [1.29, 1.82) is 0 Å². The molecule has 0 spiro atoms. The van der Waals surface area contributed by atoms with Crippen LogP contribution < -0.4 is 19.5 Å². The van der Waals surface area contributed by atoms with Crippen LogP contribution in [0.5, 0.6) is 17.2 Å². The van der Waals surface area contributed by atoms with E-state index >= 15 is 0 Å². The van der Waals surface area contributed by atoms with Gasteiger partial charge in [0.05, 0.1) is 32.5 Å². The lowest BCUT2D eigenvalue weighted by molar-refractivity contribution is -0.137. The van der Waals surface area contributed by atoms with Gasteiger partial charge in [-0.15, -0.1) is 0 Å². The van der Waals surface area contributed by atoms with Gasteiger partial charge in [-0.1, -0.05) is 0 Å². The van der Waals surface area contributed by atoms with Crippen LogP contribution in [-0.4, -0.2) is 27.2 Å². The van der Waals surface area contributed by atoms with Gasteiger partial charge in [-0.2, -0.15) is 13.2 Å². The highest BCUT2D eigenvalue weighted by atomic mass is 19.4. The predicted octanol–water partition coefficient (Wildman–Crippen LogP) is 3.98. The summed E-state index contributed by atoms with van der Waals surface area (Å²) >= 11 is 0. The fourth-order valence-electron chi connectivity index (χ4n) is 2.15. The molecule has 1 N–H and O–H groups in total. The minimum atomic E-state index is -4.44. The molecule has 2 rings (SSSR count). The largest absolute Gasteiger partial charge is 0.496 e. The van der Waals surface area contributed by atoms with Gasteiger partial charge in [-0.25, -0.2) is 0 Å². The summed E-state index contributed by atoms with van der Waals surface area (Å²) in [4.78, 5) is 12.4. The zero-order chi connectivity index (χ0) is 18.6. The lowest BCUT2D eigenvalue weighted by Crippen LogP contribution is -2.14. The van der Waals surface area contributed by atoms with Crippen LogP contribution in [0, 0.1) is 0 Å². The second-order valence-corrected chi connectivity index (χ2v) is 4.94. The van der Waals surface area contributed by atoms with Crippen LogP contribution in [0.2, 0.25) is 0 Å². The molecule has 0 radical (unpaired) electrons. The number of nitrogens with one attached hydrogen (secondary N) is 1. The Morgan fingerprint density at radius 3 is 1.88 bits per heavy atom. The van der Waals surface area contributed by atoms with E-state index in [4.69, 9.17) is 14.2 Å². The van der Waals surface area contributed by atoms with E-state index in [9.17, 15) is 18.0 Å². The van der Waals surface area contributed by atoms with Gasteiger partial charge in [-0.3, -0.25) is 4.79 Å². The molecule has 0 aromatic heterocycles. The lowest BCUT2D eigenvalue weighted by atomic mass is 10.1. The summed E-state index contributed by atoms with van der Waals surface area (Å²) in [6, 6.07) is 7.04. The second kappa shape index (κ2) is 7.33. The van der Waals surface area contributed by atoms with E-state index < -0.39 is 17.6 Å². The molecular weight excluding hydrogens is 339 g/mol. The monoisotopic (exact) mass is 355 g/mol. The molecule has 5 nitrogen and oxygen atoms in total. The molecule has 0 heterocycles. The Morgan fingerprint density at radius 1 is 0.880 bits per heavy atom. The van der Waals surface area contributed by atoms with Crippen molar-refractivity contribution >= 4 is 11.6 Å². The molecule has 0 bridgehead atoms. The van der Waals surface area contributed by atoms with Crippen molar-refractivity contribution in [1.82, 2.24) is 0 Å². The van der Waals surface area contributed by atoms with Gasteiger partial charge in [0.25, 0.3) is 5.91 Å². The van der Waals surface area contributed by atoms with Gasteiger partial charge in [0.1, 0.15) is 5.75 Å². The first-order valence-corrected chi connectivity index (χ1v) is 7.08. The standard InChI is InChI=1S/C17H16F3NO4/c1-23-13-9-15(25-3)14(24-2)8-12(13)16(22)21-11-6-4-10(5-7-11)17(18,19)20/h4-9H,1-3H3,(H,21,22). The number of carbonyl (C=O) groups is 1. The summed E-state index contributed by atoms with van der Waals surface area (Å²) in [7, 11) is 4.25. The molecule has 0 aliphatic rings. The smallest absolute Gasteiger partial charge is 0.416 e. The maximum Gasteiger partial charge on any atom is 0.416 e. The third-order valence-electron chi connectivity index (χ3n) is 3.42. The molecule has 8 heteroatoms. The van der Waals surface area contributed by atoms with Gasteiger partial charge in [0.2, 0.25) is 0 Å². The van der Waals surface area contributed by atoms with E-state index in [0.29, 0.717) is 11.5 Å². The van der Waals surface area contributed by atoms with E-state index in [1.807, 2.05) is 0 Å². The maximum atomic E-state index is 12.6. The minimum Gasteiger partial charge on any atom is -0.496 e. The van der Waals surface area contributed by atoms with Crippen molar-refractivity contribution in [3.8, 4) is 17.2 Å². The van der Waals surface area contributed by atoms with Crippen molar-refractivity contribution in [2.24, 2.45) is 0 Å². The van der Waals surface area contributed by atoms with Crippen LogP contribution in [0.3, 0.4) is 0 Å². The molecule has 0 saturated heterocycles. The van der Waals surface area contributed by atoms with Crippen molar-refractivity contribution in [2.75, 3.05) is 26.6 Å². The first-order valence-electron chi connectivity index (χ1n) is 7.08. The second-order valence-electron chi connectivity index (χ2n) is 4.94. The van der Waals surface area contributed by atoms with Crippen LogP contribution in [0.4, 0.5) is 18.9 Å². The summed E-state index contributed by atoms with van der Waals surface area (Å²) in [6.07, 6.45) is -4.44. The molecule has 1 amide bonds. The molecular formula is C17H16F3NO4. The number of amides is 1. The number of alkyl halides is 3. The Kier molecular flexibility index (Phi) is 5.41. The molecule has 0 atom stereocenters. The zero-order valence-electron chi connectivity index (χ0n) is 13.7. The first-order chi connectivity index (χ1) is 11.8. The van der Waals surface area contributed by atoms with E-state index in [0.717, 1.165) is 12.1 Å². The average Bonchev–Trinajstić information content (AvgIpc) is 2.60. The lowest BCUT2D eigenvalue weighted by Gasteiger charge is -2.14. The fraction of sp³-hybridized carbons (Fsp3) is 0.235. The Labute approximate surface area is 142 Å². The quantitative estimate of drug-likeness (QED) is 0.881. The Hall–Kier alpha value is -2.90. The molecule has 0 aliphatic carbocycles. The van der Waals surface area contributed by atoms with Gasteiger partial charge >= 0.3 is 6.18 Å². The van der Waals surface area contributed by atoms with Crippen LogP contribution in [0.15, 0.2) is 36.4 Å². The number of anilines is 1. The Morgan fingerprint density at radius 2 is 1.40 bits per heavy atom. The van der Waals surface area contributed by atoms with E-state index in [-0.39, 0.29) is 17.0 Å². The molecule has 0 saturated carbocycles. The van der Waals surface area contributed by atoms with Crippen LogP contribution in [-0.2, 0) is 6.18 Å². The number of carbonyl (C=O) groups excluding carboxylic acids is 1. The third-order valence-corrected chi connectivity index (χ3v) is 3.42. The summed E-state index contributed by atoms with van der Waals surface area (Å²) in [6.45, 7) is 0. The topological polar surface area (TPSA) is 56.8 Å². The highest BCUT2D eigenvalue weighted by Crippen LogP contribution is 2.35. The van der Waals surface area contributed by atoms with Crippen molar-refractivity contribution in [3.63, 3.8) is 0 Å². The number of methoxy groups -OCH3 is 3. The highest BCUT2D eigenvalue weighted by molar-refractivity contribution is 6.06. The number of ether oxygens (including phenoxy) is 3. The Bertz CT molecular complexity index is 758. The summed E-state index contributed by atoms with van der Waals surface area (Å²) in [5, 5.41) is 2.52. The third kappa shape index (κ3) is 4.14. The van der Waals surface area contributed by atoms with Gasteiger partial charge in [0, 0.05) is 17.8 Å². The number of rotatable bonds is 5. The molecule has 2 aromatic rings. The zero-order valence-corrected chi connectivity index (χ0v) is 13.7. The van der Waals surface area contributed by atoms with E-state index in [2.05, 4.69) is 5.32 Å². The molecule has 0 unspecified atom stereocenters. The van der Waals surface area contributed by atoms with Gasteiger partial charge < -0.3 is 19.5 Å². The normalized spacial score (nSPS) is 11.0. The highest BCUT2D eigenvalue weighted by Gasteiger charge is 2.30. The number of hydrogen-bond acceptors (Lipinski definition) is 4. The van der Waals surface area contributed by atoms with Crippen molar-refractivity contribution in [3.05, 3.63) is 47.5 Å². The van der Waals surface area contributed by atoms with Crippen molar-refractivity contribution < 1.29 is 32.2 Å². The van der Waals surface area contributed by atoms with E-state index in [1.54, 1.807) is 0 Å². The maximum absolute atomic E-state index is 12.6. The summed E-state index contributed by atoms with van der Waals surface area (Å²) < 4.78 is 53.2. The van der Waals surface area contributed by atoms with Crippen molar-refractivity contribution in [2.45, 2.75) is 6.18 Å². The van der Waals surface area contributed by atoms with Gasteiger partial charge in [-0.05, 0) is 24.3 Å². The van der Waals surface area contributed by atoms with Crippen LogP contribution in [0.25, 0.3) is 0 Å². The molecule has 0 aliphatic heterocycles. The summed E-state index contributed by atoms with van der Waals surface area (Å²) in [5.74, 6) is 0.380. The Balaban J connectivity index is 2.28. The predicted molar refractivity (Wildman–Crippen MR) is 85.5 cm³/mol. The fourth-order valence-corrected chi connectivity index (χ4v) is 2.15. The number of benzene rings is 2. The van der Waals surface area contributed by atoms with Crippen LogP contribution >= 0.6 is 0 Å². The number of halogens is 3. The summed E-state index contributed by atoms with van der Waals surface area (Å²) in [5.41, 5.74) is -0.427.